The normalized spacial score (nSPS) is 13.2. The minimum atomic E-state index is -0.162. The van der Waals surface area contributed by atoms with E-state index in [0.717, 1.165) is 11.5 Å². The molecule has 16 heavy (non-hydrogen) atoms. The first kappa shape index (κ1) is 10.8. The van der Waals surface area contributed by atoms with Crippen LogP contribution < -0.4 is 5.73 Å². The molecule has 0 amide bonds. The molecule has 0 aliphatic carbocycles. The Morgan fingerprint density at radius 3 is 2.94 bits per heavy atom. The predicted molar refractivity (Wildman–Crippen MR) is 59.6 cm³/mol. The molecule has 6 nitrogen and oxygen atoms in total. The minimum absolute atomic E-state index is 0.162. The summed E-state index contributed by atoms with van der Waals surface area (Å²) in [5.41, 5.74) is 7.10. The number of aromatic nitrogens is 5. The van der Waals surface area contributed by atoms with E-state index in [-0.39, 0.29) is 6.04 Å². The van der Waals surface area contributed by atoms with Crippen molar-refractivity contribution in [2.75, 3.05) is 0 Å². The average Bonchev–Trinajstić information content (AvgIpc) is 2.86. The van der Waals surface area contributed by atoms with Crippen molar-refractivity contribution in [3.63, 3.8) is 0 Å². The number of imidazole rings is 1. The molecule has 0 unspecified atom stereocenters. The Labute approximate surface area is 93.9 Å². The van der Waals surface area contributed by atoms with Crippen LogP contribution in [0.15, 0.2) is 18.9 Å². The molecule has 1 atom stereocenters. The van der Waals surface area contributed by atoms with Crippen molar-refractivity contribution in [2.24, 2.45) is 5.73 Å². The fourth-order valence-corrected chi connectivity index (χ4v) is 1.64. The van der Waals surface area contributed by atoms with Crippen LogP contribution >= 0.6 is 0 Å². The van der Waals surface area contributed by atoms with E-state index < -0.39 is 0 Å². The SMILES string of the molecule is CC(C)n1cnnc1[C@H](N)Cc1cnc[nH]1. The number of hydrogen-bond donors (Lipinski definition) is 2. The fourth-order valence-electron chi connectivity index (χ4n) is 1.64. The molecule has 86 valence electrons. The van der Waals surface area contributed by atoms with Crippen LogP contribution in [0.5, 0.6) is 0 Å². The lowest BCUT2D eigenvalue weighted by Gasteiger charge is -2.14. The van der Waals surface area contributed by atoms with Gasteiger partial charge in [0, 0.05) is 24.4 Å². The summed E-state index contributed by atoms with van der Waals surface area (Å²) in [6.07, 6.45) is 5.82. The zero-order valence-corrected chi connectivity index (χ0v) is 9.46. The highest BCUT2D eigenvalue weighted by atomic mass is 15.3. The minimum Gasteiger partial charge on any atom is -0.348 e. The average molecular weight is 220 g/mol. The first-order chi connectivity index (χ1) is 7.68. The Bertz CT molecular complexity index is 430. The smallest absolute Gasteiger partial charge is 0.150 e. The molecule has 0 spiro atoms. The van der Waals surface area contributed by atoms with Crippen LogP contribution in [0.3, 0.4) is 0 Å². The van der Waals surface area contributed by atoms with Crippen LogP contribution in [-0.2, 0) is 6.42 Å². The predicted octanol–water partition coefficient (Wildman–Crippen LogP) is 0.825. The third-order valence-electron chi connectivity index (χ3n) is 2.48. The standard InChI is InChI=1S/C10H16N6/c1-7(2)16-6-14-15-10(16)9(11)3-8-4-12-5-13-8/h4-7,9H,3,11H2,1-2H3,(H,12,13)/t9-/m1/s1. The summed E-state index contributed by atoms with van der Waals surface area (Å²) in [6, 6.07) is 0.156. The van der Waals surface area contributed by atoms with Crippen molar-refractivity contribution >= 4 is 0 Å². The lowest BCUT2D eigenvalue weighted by Crippen LogP contribution is -2.20. The van der Waals surface area contributed by atoms with Gasteiger partial charge in [0.1, 0.15) is 12.2 Å². The summed E-state index contributed by atoms with van der Waals surface area (Å²) < 4.78 is 1.99. The summed E-state index contributed by atoms with van der Waals surface area (Å²) in [4.78, 5) is 6.99. The van der Waals surface area contributed by atoms with Gasteiger partial charge >= 0.3 is 0 Å². The lowest BCUT2D eigenvalue weighted by atomic mass is 10.1. The van der Waals surface area contributed by atoms with Gasteiger partial charge in [0.2, 0.25) is 0 Å². The second-order valence-electron chi connectivity index (χ2n) is 4.08. The highest BCUT2D eigenvalue weighted by Gasteiger charge is 2.16. The van der Waals surface area contributed by atoms with Crippen molar-refractivity contribution in [1.82, 2.24) is 24.7 Å². The molecule has 0 fully saturated rings. The van der Waals surface area contributed by atoms with Gasteiger partial charge in [-0.2, -0.15) is 0 Å². The van der Waals surface area contributed by atoms with Gasteiger partial charge in [0.15, 0.2) is 0 Å². The molecule has 0 saturated heterocycles. The molecule has 2 rings (SSSR count). The molecule has 0 radical (unpaired) electrons. The lowest BCUT2D eigenvalue weighted by molar-refractivity contribution is 0.526. The van der Waals surface area contributed by atoms with Crippen LogP contribution in [0.4, 0.5) is 0 Å². The van der Waals surface area contributed by atoms with E-state index in [2.05, 4.69) is 34.0 Å². The van der Waals surface area contributed by atoms with Gasteiger partial charge in [-0.05, 0) is 13.8 Å². The first-order valence-electron chi connectivity index (χ1n) is 5.30. The molecule has 0 aliphatic rings. The Hall–Kier alpha value is -1.69. The Morgan fingerprint density at radius 1 is 1.50 bits per heavy atom. The number of nitrogens with zero attached hydrogens (tertiary/aromatic N) is 4. The van der Waals surface area contributed by atoms with E-state index >= 15 is 0 Å². The first-order valence-corrected chi connectivity index (χ1v) is 5.30. The number of H-pyrrole nitrogens is 1. The highest BCUT2D eigenvalue weighted by Crippen LogP contribution is 2.15. The van der Waals surface area contributed by atoms with Gasteiger partial charge < -0.3 is 15.3 Å². The monoisotopic (exact) mass is 220 g/mol. The number of nitrogens with two attached hydrogens (primary N) is 1. The van der Waals surface area contributed by atoms with Crippen LogP contribution in [-0.4, -0.2) is 24.7 Å². The summed E-state index contributed by atoms with van der Waals surface area (Å²) in [5.74, 6) is 0.810. The Balaban J connectivity index is 2.14. The molecule has 6 heteroatoms. The molecule has 0 saturated carbocycles. The maximum absolute atomic E-state index is 6.10. The highest BCUT2D eigenvalue weighted by molar-refractivity contribution is 5.04. The van der Waals surface area contributed by atoms with Gasteiger partial charge in [0.05, 0.1) is 12.4 Å². The summed E-state index contributed by atoms with van der Waals surface area (Å²) in [5, 5.41) is 7.97. The maximum Gasteiger partial charge on any atom is 0.150 e. The molecule has 3 N–H and O–H groups in total. The molecule has 2 aromatic rings. The van der Waals surface area contributed by atoms with Crippen molar-refractivity contribution in [1.29, 1.82) is 0 Å². The number of nitrogens with one attached hydrogen (secondary N) is 1. The Morgan fingerprint density at radius 2 is 2.31 bits per heavy atom. The Kier molecular flexibility index (Phi) is 3.00. The fraction of sp³-hybridized carbons (Fsp3) is 0.500. The summed E-state index contributed by atoms with van der Waals surface area (Å²) in [7, 11) is 0. The number of hydrogen-bond acceptors (Lipinski definition) is 4. The van der Waals surface area contributed by atoms with Gasteiger partial charge in [-0.15, -0.1) is 10.2 Å². The van der Waals surface area contributed by atoms with Crippen LogP contribution in [0.25, 0.3) is 0 Å². The second-order valence-corrected chi connectivity index (χ2v) is 4.08. The zero-order valence-electron chi connectivity index (χ0n) is 9.46. The number of aromatic amines is 1. The van der Waals surface area contributed by atoms with Crippen molar-refractivity contribution < 1.29 is 0 Å². The molecule has 0 bridgehead atoms. The second kappa shape index (κ2) is 4.44. The van der Waals surface area contributed by atoms with Crippen LogP contribution in [0.1, 0.15) is 37.4 Å². The zero-order chi connectivity index (χ0) is 11.5. The summed E-state index contributed by atoms with van der Waals surface area (Å²) in [6.45, 7) is 4.16. The van der Waals surface area contributed by atoms with E-state index in [1.165, 1.54) is 0 Å². The van der Waals surface area contributed by atoms with Crippen molar-refractivity contribution in [2.45, 2.75) is 32.4 Å². The quantitative estimate of drug-likeness (QED) is 0.799. The third kappa shape index (κ3) is 2.11. The molecular weight excluding hydrogens is 204 g/mol. The van der Waals surface area contributed by atoms with E-state index in [1.54, 1.807) is 18.9 Å². The van der Waals surface area contributed by atoms with Crippen molar-refractivity contribution in [3.05, 3.63) is 30.4 Å². The van der Waals surface area contributed by atoms with E-state index in [4.69, 9.17) is 5.73 Å². The molecule has 0 aliphatic heterocycles. The maximum atomic E-state index is 6.10. The van der Waals surface area contributed by atoms with E-state index in [0.29, 0.717) is 12.5 Å². The molecule has 0 aromatic carbocycles. The van der Waals surface area contributed by atoms with Gasteiger partial charge in [-0.3, -0.25) is 0 Å². The van der Waals surface area contributed by atoms with E-state index in [9.17, 15) is 0 Å². The molecular formula is C10H16N6. The van der Waals surface area contributed by atoms with E-state index in [1.807, 2.05) is 4.57 Å². The molecule has 2 heterocycles. The van der Waals surface area contributed by atoms with Crippen LogP contribution in [0, 0.1) is 0 Å². The molecule has 2 aromatic heterocycles. The van der Waals surface area contributed by atoms with Crippen LogP contribution in [0.2, 0.25) is 0 Å². The van der Waals surface area contributed by atoms with Gasteiger partial charge in [-0.1, -0.05) is 0 Å². The number of rotatable bonds is 4. The largest absolute Gasteiger partial charge is 0.348 e. The van der Waals surface area contributed by atoms with Crippen molar-refractivity contribution in [3.8, 4) is 0 Å². The topological polar surface area (TPSA) is 85.4 Å². The van der Waals surface area contributed by atoms with Gasteiger partial charge in [0.25, 0.3) is 0 Å². The summed E-state index contributed by atoms with van der Waals surface area (Å²) >= 11 is 0. The van der Waals surface area contributed by atoms with Gasteiger partial charge in [-0.25, -0.2) is 4.98 Å². The third-order valence-corrected chi connectivity index (χ3v) is 2.48.